The number of nitrogens with zero attached hydrogens (tertiary/aromatic N) is 2. The molecule has 12 heteroatoms. The smallest absolute Gasteiger partial charge is 0.416 e. The maximum absolute atomic E-state index is 13.8. The zero-order chi connectivity index (χ0) is 30.0. The zero-order valence-corrected chi connectivity index (χ0v) is 22.5. The molecule has 0 radical (unpaired) electrons. The molecule has 3 rings (SSSR count). The summed E-state index contributed by atoms with van der Waals surface area (Å²) >= 11 is 0. The normalized spacial score (nSPS) is 19.3. The highest BCUT2D eigenvalue weighted by Gasteiger charge is 2.40. The van der Waals surface area contributed by atoms with Gasteiger partial charge in [-0.2, -0.15) is 26.3 Å². The third-order valence-electron chi connectivity index (χ3n) is 7.44. The van der Waals surface area contributed by atoms with Crippen LogP contribution in [0.25, 0.3) is 0 Å². The number of ether oxygens (including phenoxy) is 1. The number of likely N-dealkylation sites (N-methyl/N-ethyl adjacent to an activating group) is 1. The molecule has 220 valence electrons. The van der Waals surface area contributed by atoms with Crippen molar-refractivity contribution in [2.75, 3.05) is 33.8 Å². The van der Waals surface area contributed by atoms with Crippen molar-refractivity contribution in [1.29, 1.82) is 0 Å². The van der Waals surface area contributed by atoms with Crippen molar-refractivity contribution in [1.82, 2.24) is 9.80 Å². The molecule has 40 heavy (non-hydrogen) atoms. The summed E-state index contributed by atoms with van der Waals surface area (Å²) in [6, 6.07) is 5.00. The Balaban J connectivity index is 1.84. The Bertz CT molecular complexity index is 1200. The summed E-state index contributed by atoms with van der Waals surface area (Å²) in [6.07, 6.45) is -9.83. The fraction of sp³-hybridized carbons (Fsp3) is 0.500. The molecular weight excluding hydrogens is 545 g/mol. The van der Waals surface area contributed by atoms with Gasteiger partial charge in [0.2, 0.25) is 5.91 Å². The van der Waals surface area contributed by atoms with Gasteiger partial charge in [0, 0.05) is 32.0 Å². The minimum atomic E-state index is -4.97. The number of likely N-dealkylation sites (tertiary alicyclic amines) is 1. The molecule has 1 aliphatic rings. The first kappa shape index (κ1) is 31.4. The fourth-order valence-corrected chi connectivity index (χ4v) is 5.17. The minimum absolute atomic E-state index is 0.0666. The SMILES string of the molecule is COC(=O)C(C)N1CC[C@@H](C(=O)N(C)CCc2cc(C(F)(F)F)cc(C(F)(F)F)c2)[C@@H](c2ccc(F)cc2C)C1. The predicted molar refractivity (Wildman–Crippen MR) is 133 cm³/mol. The standard InChI is InChI=1S/C28H31F7N2O3/c1-16-11-21(29)5-6-22(16)24-15-37(17(2)26(39)40-4)10-8-23(24)25(38)36(3)9-7-18-12-19(27(30,31)32)14-20(13-18)28(33,34)35/h5-6,11-14,17,23-24H,7-10,15H2,1-4H3/t17?,23-,24-/m1/s1. The Hall–Kier alpha value is -3.15. The van der Waals surface area contributed by atoms with Gasteiger partial charge in [-0.25, -0.2) is 4.39 Å². The van der Waals surface area contributed by atoms with Gasteiger partial charge in [0.25, 0.3) is 0 Å². The molecule has 0 aliphatic carbocycles. The van der Waals surface area contributed by atoms with E-state index < -0.39 is 53.1 Å². The summed E-state index contributed by atoms with van der Waals surface area (Å²) in [7, 11) is 2.71. The number of halogens is 7. The Morgan fingerprint density at radius 1 is 1.05 bits per heavy atom. The van der Waals surface area contributed by atoms with Crippen molar-refractivity contribution < 1.29 is 45.1 Å². The van der Waals surface area contributed by atoms with Crippen molar-refractivity contribution in [3.05, 3.63) is 70.0 Å². The number of esters is 1. The zero-order valence-electron chi connectivity index (χ0n) is 22.5. The molecule has 1 amide bonds. The van der Waals surface area contributed by atoms with E-state index in [2.05, 4.69) is 0 Å². The maximum atomic E-state index is 13.8. The first-order chi connectivity index (χ1) is 18.5. The molecule has 0 saturated carbocycles. The van der Waals surface area contributed by atoms with Crippen molar-refractivity contribution in [3.8, 4) is 0 Å². The van der Waals surface area contributed by atoms with Gasteiger partial charge in [0.1, 0.15) is 11.9 Å². The second kappa shape index (κ2) is 12.2. The van der Waals surface area contributed by atoms with Gasteiger partial charge in [-0.3, -0.25) is 14.5 Å². The number of carbonyl (C=O) groups excluding carboxylic acids is 2. The van der Waals surface area contributed by atoms with Crippen LogP contribution in [-0.4, -0.2) is 61.5 Å². The largest absolute Gasteiger partial charge is 0.468 e. The molecule has 1 heterocycles. The Morgan fingerprint density at radius 3 is 2.17 bits per heavy atom. The van der Waals surface area contributed by atoms with E-state index in [0.29, 0.717) is 36.2 Å². The van der Waals surface area contributed by atoms with E-state index in [0.717, 1.165) is 0 Å². The number of carbonyl (C=O) groups is 2. The lowest BCUT2D eigenvalue weighted by Gasteiger charge is -2.41. The predicted octanol–water partition coefficient (Wildman–Crippen LogP) is 5.84. The lowest BCUT2D eigenvalue weighted by atomic mass is 9.78. The number of piperidine rings is 1. The summed E-state index contributed by atoms with van der Waals surface area (Å²) in [4.78, 5) is 28.9. The topological polar surface area (TPSA) is 49.9 Å². The van der Waals surface area contributed by atoms with Crippen LogP contribution in [0.3, 0.4) is 0 Å². The van der Waals surface area contributed by atoms with Crippen LogP contribution in [0.2, 0.25) is 0 Å². The average Bonchev–Trinajstić information content (AvgIpc) is 2.89. The van der Waals surface area contributed by atoms with E-state index in [1.54, 1.807) is 19.9 Å². The van der Waals surface area contributed by atoms with Gasteiger partial charge in [0.15, 0.2) is 0 Å². The van der Waals surface area contributed by atoms with Crippen molar-refractivity contribution in [2.24, 2.45) is 5.92 Å². The van der Waals surface area contributed by atoms with E-state index in [1.807, 2.05) is 4.90 Å². The number of aryl methyl sites for hydroxylation is 1. The summed E-state index contributed by atoms with van der Waals surface area (Å²) < 4.78 is 98.1. The Labute approximate surface area is 227 Å². The number of hydrogen-bond donors (Lipinski definition) is 0. The number of methoxy groups -OCH3 is 1. The van der Waals surface area contributed by atoms with Gasteiger partial charge >= 0.3 is 18.3 Å². The summed E-state index contributed by atoms with van der Waals surface area (Å²) in [5.74, 6) is -2.29. The number of hydrogen-bond acceptors (Lipinski definition) is 4. The third kappa shape index (κ3) is 7.32. The van der Waals surface area contributed by atoms with Gasteiger partial charge < -0.3 is 9.64 Å². The quantitative estimate of drug-likeness (QED) is 0.307. The monoisotopic (exact) mass is 576 g/mol. The number of rotatable bonds is 7. The van der Waals surface area contributed by atoms with Crippen molar-refractivity contribution >= 4 is 11.9 Å². The fourth-order valence-electron chi connectivity index (χ4n) is 5.17. The van der Waals surface area contributed by atoms with Crippen molar-refractivity contribution in [2.45, 2.75) is 51.0 Å². The minimum Gasteiger partial charge on any atom is -0.468 e. The molecule has 0 aromatic heterocycles. The molecule has 1 unspecified atom stereocenters. The van der Waals surface area contributed by atoms with Crippen LogP contribution in [0.5, 0.6) is 0 Å². The van der Waals surface area contributed by atoms with Crippen LogP contribution < -0.4 is 0 Å². The highest BCUT2D eigenvalue weighted by molar-refractivity contribution is 5.80. The van der Waals surface area contributed by atoms with Crippen LogP contribution in [0, 0.1) is 18.7 Å². The molecule has 0 spiro atoms. The molecule has 2 aromatic carbocycles. The van der Waals surface area contributed by atoms with E-state index in [1.165, 1.54) is 31.2 Å². The number of benzene rings is 2. The van der Waals surface area contributed by atoms with E-state index in [9.17, 15) is 40.3 Å². The highest BCUT2D eigenvalue weighted by atomic mass is 19.4. The number of amides is 1. The maximum Gasteiger partial charge on any atom is 0.416 e. The first-order valence-electron chi connectivity index (χ1n) is 12.6. The van der Waals surface area contributed by atoms with E-state index in [4.69, 9.17) is 4.74 Å². The molecule has 3 atom stereocenters. The van der Waals surface area contributed by atoms with Crippen LogP contribution >= 0.6 is 0 Å². The molecule has 0 N–H and O–H groups in total. The lowest BCUT2D eigenvalue weighted by molar-refractivity contribution is -0.148. The van der Waals surface area contributed by atoms with Crippen LogP contribution in [0.1, 0.15) is 47.1 Å². The van der Waals surface area contributed by atoms with Crippen molar-refractivity contribution in [3.63, 3.8) is 0 Å². The molecule has 2 aromatic rings. The first-order valence-corrected chi connectivity index (χ1v) is 12.6. The number of alkyl halides is 6. The molecule has 1 aliphatic heterocycles. The Kier molecular flexibility index (Phi) is 9.54. The summed E-state index contributed by atoms with van der Waals surface area (Å²) in [5, 5.41) is 0. The molecule has 1 saturated heterocycles. The summed E-state index contributed by atoms with van der Waals surface area (Å²) in [6.45, 7) is 3.93. The summed E-state index contributed by atoms with van der Waals surface area (Å²) in [5.41, 5.74) is -1.70. The molecule has 1 fully saturated rings. The highest BCUT2D eigenvalue weighted by Crippen LogP contribution is 2.38. The third-order valence-corrected chi connectivity index (χ3v) is 7.44. The van der Waals surface area contributed by atoms with E-state index >= 15 is 0 Å². The second-order valence-electron chi connectivity index (χ2n) is 10.1. The van der Waals surface area contributed by atoms with Crippen LogP contribution in [0.4, 0.5) is 30.7 Å². The molecule has 5 nitrogen and oxygen atoms in total. The van der Waals surface area contributed by atoms with Gasteiger partial charge in [-0.05, 0) is 80.3 Å². The lowest BCUT2D eigenvalue weighted by Crippen LogP contribution is -2.50. The molecular formula is C28H31F7N2O3. The van der Waals surface area contributed by atoms with Crippen LogP contribution in [-0.2, 0) is 33.1 Å². The second-order valence-corrected chi connectivity index (χ2v) is 10.1. The van der Waals surface area contributed by atoms with Gasteiger partial charge in [0.05, 0.1) is 18.2 Å². The Morgan fingerprint density at radius 2 is 1.65 bits per heavy atom. The van der Waals surface area contributed by atoms with Gasteiger partial charge in [-0.15, -0.1) is 0 Å². The van der Waals surface area contributed by atoms with Crippen LogP contribution in [0.15, 0.2) is 36.4 Å². The average molecular weight is 577 g/mol. The van der Waals surface area contributed by atoms with E-state index in [-0.39, 0.29) is 37.0 Å². The molecule has 0 bridgehead atoms. The van der Waals surface area contributed by atoms with Gasteiger partial charge in [-0.1, -0.05) is 6.07 Å².